The van der Waals surface area contributed by atoms with Crippen molar-refractivity contribution in [2.24, 2.45) is 0 Å². The average molecular weight is 397 g/mol. The Morgan fingerprint density at radius 2 is 1.75 bits per heavy atom. The van der Waals surface area contributed by atoms with Gasteiger partial charge in [-0.25, -0.2) is 9.50 Å². The fraction of sp³-hybridized carbons (Fsp3) is 0.684. The Morgan fingerprint density at radius 1 is 1.11 bits per heavy atom. The van der Waals surface area contributed by atoms with Crippen molar-refractivity contribution in [3.8, 4) is 0 Å². The summed E-state index contributed by atoms with van der Waals surface area (Å²) in [6.07, 6.45) is 4.05. The van der Waals surface area contributed by atoms with Crippen LogP contribution < -0.4 is 5.32 Å². The van der Waals surface area contributed by atoms with Crippen molar-refractivity contribution >= 4 is 11.7 Å². The summed E-state index contributed by atoms with van der Waals surface area (Å²) in [6, 6.07) is 0.222. The molecule has 1 N–H and O–H groups in total. The van der Waals surface area contributed by atoms with Crippen molar-refractivity contribution in [2.75, 3.05) is 0 Å². The zero-order valence-electron chi connectivity index (χ0n) is 16.3. The SMILES string of the molecule is Cc1nc2nc(C(F)(F)F)nn2c(C)c1CCC(=O)NC1CCCCCCC1. The van der Waals surface area contributed by atoms with Gasteiger partial charge in [-0.05, 0) is 38.7 Å². The molecule has 2 aromatic rings. The molecule has 2 heterocycles. The molecule has 3 rings (SSSR count). The number of carbonyl (C=O) groups excluding carboxylic acids is 1. The van der Waals surface area contributed by atoms with E-state index in [1.165, 1.54) is 19.3 Å². The predicted octanol–water partition coefficient (Wildman–Crippen LogP) is 3.92. The molecule has 0 saturated heterocycles. The Kier molecular flexibility index (Phi) is 6.20. The Labute approximate surface area is 161 Å². The van der Waals surface area contributed by atoms with E-state index in [-0.39, 0.29) is 24.1 Å². The third-order valence-electron chi connectivity index (χ3n) is 5.37. The van der Waals surface area contributed by atoms with E-state index in [1.807, 2.05) is 0 Å². The molecule has 1 aliphatic rings. The number of alkyl halides is 3. The Hall–Kier alpha value is -2.19. The maximum Gasteiger partial charge on any atom is 0.453 e. The first-order chi connectivity index (χ1) is 13.3. The second kappa shape index (κ2) is 8.45. The molecule has 0 atom stereocenters. The van der Waals surface area contributed by atoms with Gasteiger partial charge in [-0.15, -0.1) is 5.10 Å². The topological polar surface area (TPSA) is 72.2 Å². The highest BCUT2D eigenvalue weighted by molar-refractivity contribution is 5.76. The Morgan fingerprint density at radius 3 is 2.39 bits per heavy atom. The molecular weight excluding hydrogens is 371 g/mol. The highest BCUT2D eigenvalue weighted by Gasteiger charge is 2.37. The minimum absolute atomic E-state index is 0.0287. The molecule has 28 heavy (non-hydrogen) atoms. The van der Waals surface area contributed by atoms with Crippen LogP contribution in [0.25, 0.3) is 5.78 Å². The van der Waals surface area contributed by atoms with Gasteiger partial charge in [0.25, 0.3) is 11.6 Å². The number of nitrogens with one attached hydrogen (secondary N) is 1. The Balaban J connectivity index is 1.68. The van der Waals surface area contributed by atoms with Gasteiger partial charge in [0.1, 0.15) is 0 Å². The van der Waals surface area contributed by atoms with E-state index in [1.54, 1.807) is 13.8 Å². The first-order valence-corrected chi connectivity index (χ1v) is 9.85. The summed E-state index contributed by atoms with van der Waals surface area (Å²) >= 11 is 0. The molecule has 154 valence electrons. The van der Waals surface area contributed by atoms with Crippen molar-refractivity contribution < 1.29 is 18.0 Å². The van der Waals surface area contributed by atoms with Crippen LogP contribution in [-0.2, 0) is 17.4 Å². The van der Waals surface area contributed by atoms with Crippen molar-refractivity contribution in [1.29, 1.82) is 0 Å². The lowest BCUT2D eigenvalue weighted by Crippen LogP contribution is -2.35. The molecule has 0 radical (unpaired) electrons. The number of hydrogen-bond acceptors (Lipinski definition) is 4. The molecule has 1 amide bonds. The largest absolute Gasteiger partial charge is 0.453 e. The van der Waals surface area contributed by atoms with Crippen molar-refractivity contribution in [3.05, 3.63) is 22.8 Å². The number of fused-ring (bicyclic) bond motifs is 1. The molecule has 0 spiro atoms. The van der Waals surface area contributed by atoms with E-state index in [0.29, 0.717) is 17.8 Å². The van der Waals surface area contributed by atoms with Crippen LogP contribution in [0.4, 0.5) is 13.2 Å². The van der Waals surface area contributed by atoms with Gasteiger partial charge < -0.3 is 5.32 Å². The lowest BCUT2D eigenvalue weighted by atomic mass is 9.96. The van der Waals surface area contributed by atoms with Crippen LogP contribution in [0, 0.1) is 13.8 Å². The second-order valence-electron chi connectivity index (χ2n) is 7.52. The fourth-order valence-electron chi connectivity index (χ4n) is 3.83. The molecular formula is C19H26F3N5O. The van der Waals surface area contributed by atoms with E-state index in [9.17, 15) is 18.0 Å². The Bertz CT molecular complexity index is 838. The third kappa shape index (κ3) is 4.80. The summed E-state index contributed by atoms with van der Waals surface area (Å²) in [5, 5.41) is 6.66. The maximum absolute atomic E-state index is 12.9. The average Bonchev–Trinajstić information content (AvgIpc) is 3.01. The monoisotopic (exact) mass is 397 g/mol. The zero-order valence-corrected chi connectivity index (χ0v) is 16.3. The summed E-state index contributed by atoms with van der Waals surface area (Å²) < 4.78 is 39.7. The van der Waals surface area contributed by atoms with Crippen LogP contribution in [0.15, 0.2) is 0 Å². The lowest BCUT2D eigenvalue weighted by Gasteiger charge is -2.21. The van der Waals surface area contributed by atoms with Crippen LogP contribution in [0.1, 0.15) is 74.1 Å². The maximum atomic E-state index is 12.9. The molecule has 2 aromatic heterocycles. The molecule has 1 fully saturated rings. The van der Waals surface area contributed by atoms with Gasteiger partial charge in [0.05, 0.1) is 0 Å². The molecule has 0 unspecified atom stereocenters. The number of carbonyl (C=O) groups is 1. The van der Waals surface area contributed by atoms with Gasteiger partial charge in [-0.2, -0.15) is 18.2 Å². The van der Waals surface area contributed by atoms with Gasteiger partial charge in [-0.3, -0.25) is 4.79 Å². The van der Waals surface area contributed by atoms with E-state index in [2.05, 4.69) is 20.4 Å². The number of aryl methyl sites for hydroxylation is 2. The summed E-state index contributed by atoms with van der Waals surface area (Å²) in [6.45, 7) is 3.40. The standard InChI is InChI=1S/C19H26F3N5O/c1-12-15(10-11-16(28)24-14-8-6-4-3-5-7-9-14)13(2)27-18(23-12)25-17(26-27)19(20,21)22/h14H,3-11H2,1-2H3,(H,24,28). The van der Waals surface area contributed by atoms with Gasteiger partial charge in [0.2, 0.25) is 5.91 Å². The van der Waals surface area contributed by atoms with Crippen LogP contribution >= 0.6 is 0 Å². The molecule has 6 nitrogen and oxygen atoms in total. The van der Waals surface area contributed by atoms with Crippen LogP contribution in [0.5, 0.6) is 0 Å². The van der Waals surface area contributed by atoms with E-state index < -0.39 is 12.0 Å². The number of rotatable bonds is 4. The second-order valence-corrected chi connectivity index (χ2v) is 7.52. The molecule has 0 bridgehead atoms. The highest BCUT2D eigenvalue weighted by Crippen LogP contribution is 2.27. The lowest BCUT2D eigenvalue weighted by molar-refractivity contribution is -0.144. The number of halogens is 3. The first kappa shape index (κ1) is 20.5. The number of nitrogens with zero attached hydrogens (tertiary/aromatic N) is 4. The molecule has 9 heteroatoms. The summed E-state index contributed by atoms with van der Waals surface area (Å²) in [5.74, 6) is -1.31. The summed E-state index contributed by atoms with van der Waals surface area (Å²) in [4.78, 5) is 20.0. The number of amides is 1. The van der Waals surface area contributed by atoms with Gasteiger partial charge >= 0.3 is 6.18 Å². The normalized spacial score (nSPS) is 16.8. The van der Waals surface area contributed by atoms with Gasteiger partial charge in [0, 0.05) is 23.9 Å². The quantitative estimate of drug-likeness (QED) is 0.849. The molecule has 1 aliphatic carbocycles. The third-order valence-corrected chi connectivity index (χ3v) is 5.37. The highest BCUT2D eigenvalue weighted by atomic mass is 19.4. The first-order valence-electron chi connectivity index (χ1n) is 9.85. The van der Waals surface area contributed by atoms with Crippen LogP contribution in [0.2, 0.25) is 0 Å². The molecule has 0 aliphatic heterocycles. The van der Waals surface area contributed by atoms with Crippen LogP contribution in [-0.4, -0.2) is 31.5 Å². The van der Waals surface area contributed by atoms with Gasteiger partial charge in [0.15, 0.2) is 0 Å². The van der Waals surface area contributed by atoms with Crippen molar-refractivity contribution in [2.45, 2.75) is 83.9 Å². The minimum Gasteiger partial charge on any atom is -0.353 e. The zero-order chi connectivity index (χ0) is 20.3. The van der Waals surface area contributed by atoms with Crippen molar-refractivity contribution in [3.63, 3.8) is 0 Å². The van der Waals surface area contributed by atoms with E-state index >= 15 is 0 Å². The summed E-state index contributed by atoms with van der Waals surface area (Å²) in [7, 11) is 0. The van der Waals surface area contributed by atoms with E-state index in [4.69, 9.17) is 0 Å². The number of hydrogen-bond donors (Lipinski definition) is 1. The van der Waals surface area contributed by atoms with Crippen LogP contribution in [0.3, 0.4) is 0 Å². The smallest absolute Gasteiger partial charge is 0.353 e. The fourth-order valence-corrected chi connectivity index (χ4v) is 3.83. The summed E-state index contributed by atoms with van der Waals surface area (Å²) in [5.41, 5.74) is 1.84. The van der Waals surface area contributed by atoms with E-state index in [0.717, 1.165) is 35.8 Å². The number of aromatic nitrogens is 4. The predicted molar refractivity (Wildman–Crippen MR) is 97.8 cm³/mol. The van der Waals surface area contributed by atoms with Gasteiger partial charge in [-0.1, -0.05) is 32.1 Å². The molecule has 0 aromatic carbocycles. The van der Waals surface area contributed by atoms with Crippen molar-refractivity contribution in [1.82, 2.24) is 24.9 Å². The minimum atomic E-state index is -4.62. The molecule has 1 saturated carbocycles.